The number of β-amino-alcohol motifs (C(OH)–C–C–N with tert-alkyl or cyclic N) is 1. The van der Waals surface area contributed by atoms with Crippen molar-refractivity contribution in [3.63, 3.8) is 0 Å². The summed E-state index contributed by atoms with van der Waals surface area (Å²) in [7, 11) is 0. The number of carbonyl (C=O) groups excluding carboxylic acids is 3. The quantitative estimate of drug-likeness (QED) is 0.397. The molecule has 0 radical (unpaired) electrons. The summed E-state index contributed by atoms with van der Waals surface area (Å²) >= 11 is 9.99. The van der Waals surface area contributed by atoms with Gasteiger partial charge in [-0.3, -0.25) is 14.4 Å². The number of hydrogen-bond donors (Lipinski definition) is 3. The number of carbonyl (C=O) groups is 3. The topological polar surface area (TPSA) is 117 Å². The Labute approximate surface area is 233 Å². The molecule has 2 aromatic carbocycles. The number of halogens is 2. The van der Waals surface area contributed by atoms with Crippen LogP contribution in [0.3, 0.4) is 0 Å². The molecule has 3 heterocycles. The Morgan fingerprint density at radius 1 is 1.21 bits per heavy atom. The molecule has 9 nitrogen and oxygen atoms in total. The number of aliphatic hydroxyl groups excluding tert-OH is 1. The molecule has 11 heteroatoms. The highest BCUT2D eigenvalue weighted by Crippen LogP contribution is 2.60. The van der Waals surface area contributed by atoms with Gasteiger partial charge in [-0.15, -0.1) is 0 Å². The molecule has 202 valence electrons. The number of aliphatic hydroxyl groups is 1. The molecule has 3 aliphatic heterocycles. The molecular weight excluding hydrogens is 578 g/mol. The smallest absolute Gasteiger partial charge is 0.250 e. The van der Waals surface area contributed by atoms with Crippen LogP contribution in [0.5, 0.6) is 5.75 Å². The van der Waals surface area contributed by atoms with Crippen molar-refractivity contribution in [2.45, 2.75) is 42.8 Å². The Hall–Kier alpha value is -2.66. The van der Waals surface area contributed by atoms with Crippen molar-refractivity contribution in [1.29, 1.82) is 0 Å². The van der Waals surface area contributed by atoms with Crippen LogP contribution in [0.2, 0.25) is 5.02 Å². The minimum Gasteiger partial charge on any atom is -0.494 e. The molecule has 3 aliphatic rings. The van der Waals surface area contributed by atoms with E-state index in [0.29, 0.717) is 35.2 Å². The van der Waals surface area contributed by atoms with Crippen molar-refractivity contribution in [2.24, 2.45) is 11.8 Å². The van der Waals surface area contributed by atoms with Gasteiger partial charge in [0, 0.05) is 17.1 Å². The van der Waals surface area contributed by atoms with Crippen molar-refractivity contribution >= 4 is 56.6 Å². The molecule has 6 atom stereocenters. The number of aryl methyl sites for hydroxylation is 1. The summed E-state index contributed by atoms with van der Waals surface area (Å²) in [5, 5.41) is 15.9. The van der Waals surface area contributed by atoms with Crippen molar-refractivity contribution in [2.75, 3.05) is 30.4 Å². The molecule has 2 bridgehead atoms. The first-order chi connectivity index (χ1) is 18.2. The zero-order valence-corrected chi connectivity index (χ0v) is 23.3. The highest BCUT2D eigenvalue weighted by molar-refractivity contribution is 9.09. The maximum atomic E-state index is 13.8. The maximum absolute atomic E-state index is 13.8. The molecule has 3 amide bonds. The Bertz CT molecular complexity index is 1240. The highest BCUT2D eigenvalue weighted by atomic mass is 79.9. The molecule has 3 fully saturated rings. The van der Waals surface area contributed by atoms with E-state index in [1.54, 1.807) is 36.4 Å². The number of alkyl halides is 1. The SMILES string of the molecule is CCOc1ccc(NC(=O)[C@H]2[C@H]3C(=O)N(CCO)C(C(=O)Nc4c(C)cccc4Cl)C34CC(Br)[C@@H]2O4)cc1. The number of anilines is 2. The van der Waals surface area contributed by atoms with Crippen LogP contribution in [0.15, 0.2) is 42.5 Å². The van der Waals surface area contributed by atoms with Gasteiger partial charge in [0.05, 0.1) is 41.9 Å². The van der Waals surface area contributed by atoms with Gasteiger partial charge in [0.1, 0.15) is 17.4 Å². The van der Waals surface area contributed by atoms with Gasteiger partial charge in [0.2, 0.25) is 17.7 Å². The Balaban J connectivity index is 1.45. The van der Waals surface area contributed by atoms with E-state index in [1.165, 1.54) is 4.90 Å². The third-order valence-corrected chi connectivity index (χ3v) is 8.74. The van der Waals surface area contributed by atoms with Crippen LogP contribution >= 0.6 is 27.5 Å². The number of fused-ring (bicyclic) bond motifs is 1. The standard InChI is InChI=1S/C27H29BrClN3O6/c1-3-37-16-9-7-15(8-10-16)30-24(34)19-20-26(36)32(11-12-33)23(27(20)13-17(28)22(19)38-27)25(35)31-21-14(2)5-4-6-18(21)29/h4-10,17,19-20,22-23,33H,3,11-13H2,1-2H3,(H,30,34)(H,31,35)/t17?,19-,20-,22-,23?,27?/m0/s1. The predicted molar refractivity (Wildman–Crippen MR) is 146 cm³/mol. The van der Waals surface area contributed by atoms with Crippen molar-refractivity contribution in [3.05, 3.63) is 53.1 Å². The van der Waals surface area contributed by atoms with Crippen molar-refractivity contribution < 1.29 is 29.0 Å². The van der Waals surface area contributed by atoms with Gasteiger partial charge in [-0.2, -0.15) is 0 Å². The fourth-order valence-corrected chi connectivity index (χ4v) is 7.30. The number of ether oxygens (including phenoxy) is 2. The van der Waals surface area contributed by atoms with Crippen molar-refractivity contribution in [3.8, 4) is 5.75 Å². The molecule has 0 aromatic heterocycles. The van der Waals surface area contributed by atoms with E-state index < -0.39 is 35.5 Å². The predicted octanol–water partition coefficient (Wildman–Crippen LogP) is 3.36. The molecule has 3 unspecified atom stereocenters. The van der Waals surface area contributed by atoms with E-state index in [0.717, 1.165) is 5.56 Å². The van der Waals surface area contributed by atoms with E-state index >= 15 is 0 Å². The zero-order chi connectivity index (χ0) is 27.2. The monoisotopic (exact) mass is 605 g/mol. The Kier molecular flexibility index (Phi) is 7.43. The van der Waals surface area contributed by atoms with Gasteiger partial charge in [-0.25, -0.2) is 0 Å². The van der Waals surface area contributed by atoms with Gasteiger partial charge >= 0.3 is 0 Å². The minimum absolute atomic E-state index is 0.0646. The average Bonchev–Trinajstić information content (AvgIpc) is 3.47. The second-order valence-electron chi connectivity index (χ2n) is 9.79. The lowest BCUT2D eigenvalue weighted by Gasteiger charge is -2.34. The molecule has 38 heavy (non-hydrogen) atoms. The maximum Gasteiger partial charge on any atom is 0.250 e. The van der Waals surface area contributed by atoms with Crippen LogP contribution in [-0.2, 0) is 19.1 Å². The summed E-state index contributed by atoms with van der Waals surface area (Å²) < 4.78 is 11.9. The van der Waals surface area contributed by atoms with Crippen LogP contribution in [0.25, 0.3) is 0 Å². The molecule has 0 aliphatic carbocycles. The molecule has 1 spiro atoms. The summed E-state index contributed by atoms with van der Waals surface area (Å²) in [5.74, 6) is -2.24. The summed E-state index contributed by atoms with van der Waals surface area (Å²) in [5.41, 5.74) is 0.539. The van der Waals surface area contributed by atoms with Crippen LogP contribution in [0.1, 0.15) is 18.9 Å². The van der Waals surface area contributed by atoms with E-state index in [9.17, 15) is 19.5 Å². The number of rotatable bonds is 8. The lowest BCUT2D eigenvalue weighted by Crippen LogP contribution is -2.54. The van der Waals surface area contributed by atoms with E-state index in [2.05, 4.69) is 26.6 Å². The Morgan fingerprint density at radius 2 is 1.95 bits per heavy atom. The molecule has 3 saturated heterocycles. The van der Waals surface area contributed by atoms with E-state index in [1.807, 2.05) is 19.9 Å². The number of hydrogen-bond acceptors (Lipinski definition) is 6. The van der Waals surface area contributed by atoms with Gasteiger partial charge in [0.15, 0.2) is 0 Å². The normalized spacial score (nSPS) is 29.3. The number of benzene rings is 2. The first-order valence-corrected chi connectivity index (χ1v) is 13.8. The zero-order valence-electron chi connectivity index (χ0n) is 20.9. The average molecular weight is 607 g/mol. The van der Waals surface area contributed by atoms with E-state index in [4.69, 9.17) is 21.1 Å². The van der Waals surface area contributed by atoms with Gasteiger partial charge in [0.25, 0.3) is 0 Å². The number of nitrogens with zero attached hydrogens (tertiary/aromatic N) is 1. The number of amides is 3. The molecule has 2 aromatic rings. The first-order valence-electron chi connectivity index (χ1n) is 12.5. The second kappa shape index (κ2) is 10.5. The fraction of sp³-hybridized carbons (Fsp3) is 0.444. The Morgan fingerprint density at radius 3 is 2.61 bits per heavy atom. The van der Waals surface area contributed by atoms with Crippen molar-refractivity contribution in [1.82, 2.24) is 4.90 Å². The van der Waals surface area contributed by atoms with Gasteiger partial charge < -0.3 is 30.1 Å². The number of para-hydroxylation sites is 1. The largest absolute Gasteiger partial charge is 0.494 e. The third kappa shape index (κ3) is 4.37. The van der Waals surface area contributed by atoms with Gasteiger partial charge in [-0.1, -0.05) is 39.7 Å². The van der Waals surface area contributed by atoms with Crippen LogP contribution in [-0.4, -0.2) is 70.1 Å². The van der Waals surface area contributed by atoms with Crippen LogP contribution in [0, 0.1) is 18.8 Å². The summed E-state index contributed by atoms with van der Waals surface area (Å²) in [6, 6.07) is 11.2. The van der Waals surface area contributed by atoms with E-state index in [-0.39, 0.29) is 29.8 Å². The number of nitrogens with one attached hydrogen (secondary N) is 2. The van der Waals surface area contributed by atoms with Crippen LogP contribution in [0.4, 0.5) is 11.4 Å². The van der Waals surface area contributed by atoms with Gasteiger partial charge in [-0.05, 0) is 56.2 Å². The lowest BCUT2D eigenvalue weighted by atomic mass is 9.70. The third-order valence-electron chi connectivity index (χ3n) is 7.58. The number of likely N-dealkylation sites (tertiary alicyclic amines) is 1. The molecule has 5 rings (SSSR count). The molecule has 3 N–H and O–H groups in total. The highest BCUT2D eigenvalue weighted by Gasteiger charge is 2.76. The first kappa shape index (κ1) is 26.9. The fourth-order valence-electron chi connectivity index (χ4n) is 6.09. The molecule has 0 saturated carbocycles. The summed E-state index contributed by atoms with van der Waals surface area (Å²) in [4.78, 5) is 42.2. The summed E-state index contributed by atoms with van der Waals surface area (Å²) in [6.45, 7) is 3.83. The lowest BCUT2D eigenvalue weighted by molar-refractivity contribution is -0.140. The summed E-state index contributed by atoms with van der Waals surface area (Å²) in [6.07, 6.45) is -0.233. The van der Waals surface area contributed by atoms with Crippen LogP contribution < -0.4 is 15.4 Å². The second-order valence-corrected chi connectivity index (χ2v) is 11.4. The minimum atomic E-state index is -1.23. The molecular formula is C27H29BrClN3O6.